The van der Waals surface area contributed by atoms with Crippen LogP contribution < -0.4 is 10.1 Å². The van der Waals surface area contributed by atoms with Gasteiger partial charge in [0.15, 0.2) is 0 Å². The van der Waals surface area contributed by atoms with E-state index in [2.05, 4.69) is 5.32 Å². The molecule has 2 aromatic heterocycles. The van der Waals surface area contributed by atoms with Crippen molar-refractivity contribution in [3.8, 4) is 17.0 Å². The summed E-state index contributed by atoms with van der Waals surface area (Å²) in [6, 6.07) is 11.7. The Morgan fingerprint density at radius 3 is 2.60 bits per heavy atom. The molecule has 25 heavy (non-hydrogen) atoms. The number of benzene rings is 1. The Morgan fingerprint density at radius 1 is 1.20 bits per heavy atom. The van der Waals surface area contributed by atoms with E-state index < -0.39 is 0 Å². The fourth-order valence-corrected chi connectivity index (χ4v) is 3.17. The van der Waals surface area contributed by atoms with Gasteiger partial charge in [0.05, 0.1) is 18.5 Å². The number of rotatable bonds is 4. The fraction of sp³-hybridized carbons (Fsp3) is 0.300. The zero-order chi connectivity index (χ0) is 17.4. The van der Waals surface area contributed by atoms with E-state index in [9.17, 15) is 4.79 Å². The molecular weight excluding hydrogens is 314 g/mol. The van der Waals surface area contributed by atoms with Crippen LogP contribution in [0.5, 0.6) is 5.75 Å². The number of amides is 1. The highest BCUT2D eigenvalue weighted by atomic mass is 16.5. The molecule has 1 N–H and O–H groups in total. The van der Waals surface area contributed by atoms with Crippen molar-refractivity contribution in [2.45, 2.75) is 26.2 Å². The van der Waals surface area contributed by atoms with E-state index in [4.69, 9.17) is 9.72 Å². The first-order valence-electron chi connectivity index (χ1n) is 8.60. The van der Waals surface area contributed by atoms with Crippen molar-refractivity contribution in [3.05, 3.63) is 48.3 Å². The maximum Gasteiger partial charge on any atom is 0.227 e. The van der Waals surface area contributed by atoms with Crippen molar-refractivity contribution in [1.29, 1.82) is 0 Å². The van der Waals surface area contributed by atoms with E-state index in [0.717, 1.165) is 53.3 Å². The third-order valence-corrected chi connectivity index (χ3v) is 4.96. The lowest BCUT2D eigenvalue weighted by Gasteiger charge is -2.24. The molecule has 0 atom stereocenters. The molecule has 0 radical (unpaired) electrons. The van der Waals surface area contributed by atoms with Gasteiger partial charge in [-0.3, -0.25) is 4.79 Å². The number of nitrogens with one attached hydrogen (secondary N) is 1. The maximum atomic E-state index is 12.2. The molecule has 2 heterocycles. The van der Waals surface area contributed by atoms with Gasteiger partial charge in [0.2, 0.25) is 5.91 Å². The van der Waals surface area contributed by atoms with Gasteiger partial charge < -0.3 is 14.5 Å². The van der Waals surface area contributed by atoms with E-state index in [1.807, 2.05) is 53.9 Å². The second kappa shape index (κ2) is 6.24. The molecule has 0 spiro atoms. The number of hydrogen-bond donors (Lipinski definition) is 1. The van der Waals surface area contributed by atoms with Crippen molar-refractivity contribution in [2.24, 2.45) is 5.92 Å². The molecule has 1 saturated carbocycles. The molecule has 0 aliphatic heterocycles. The van der Waals surface area contributed by atoms with Crippen molar-refractivity contribution >= 4 is 17.2 Å². The van der Waals surface area contributed by atoms with E-state index >= 15 is 0 Å². The second-order valence-electron chi connectivity index (χ2n) is 6.54. The molecular formula is C20H21N3O2. The molecule has 1 aliphatic rings. The quantitative estimate of drug-likeness (QED) is 0.782. The summed E-state index contributed by atoms with van der Waals surface area (Å²) in [5.74, 6) is 1.12. The number of pyridine rings is 1. The first kappa shape index (κ1) is 15.7. The number of imidazole rings is 1. The minimum absolute atomic E-state index is 0.124. The van der Waals surface area contributed by atoms with Gasteiger partial charge in [-0.25, -0.2) is 4.98 Å². The Hall–Kier alpha value is -2.82. The maximum absolute atomic E-state index is 12.2. The zero-order valence-electron chi connectivity index (χ0n) is 14.5. The van der Waals surface area contributed by atoms with Gasteiger partial charge >= 0.3 is 0 Å². The van der Waals surface area contributed by atoms with E-state index in [1.54, 1.807) is 7.11 Å². The Balaban J connectivity index is 1.65. The monoisotopic (exact) mass is 335 g/mol. The summed E-state index contributed by atoms with van der Waals surface area (Å²) >= 11 is 0. The molecule has 1 aliphatic carbocycles. The average Bonchev–Trinajstić information content (AvgIpc) is 2.90. The molecule has 1 aromatic carbocycles. The lowest BCUT2D eigenvalue weighted by molar-refractivity contribution is -0.122. The number of methoxy groups -OCH3 is 1. The molecule has 4 rings (SSSR count). The second-order valence-corrected chi connectivity index (χ2v) is 6.54. The Bertz CT molecular complexity index is 924. The number of ether oxygens (including phenoxy) is 1. The number of anilines is 1. The highest BCUT2D eigenvalue weighted by molar-refractivity contribution is 5.93. The molecule has 5 nitrogen and oxygen atoms in total. The molecule has 128 valence electrons. The van der Waals surface area contributed by atoms with E-state index in [-0.39, 0.29) is 11.8 Å². The number of nitrogens with zero attached hydrogens (tertiary/aromatic N) is 2. The van der Waals surface area contributed by atoms with Crippen LogP contribution in [0.25, 0.3) is 16.9 Å². The van der Waals surface area contributed by atoms with Crippen LogP contribution in [-0.4, -0.2) is 22.4 Å². The van der Waals surface area contributed by atoms with Crippen LogP contribution in [0.2, 0.25) is 0 Å². The normalized spacial score (nSPS) is 14.3. The average molecular weight is 335 g/mol. The SMILES string of the molecule is COc1ccc(-c2nc3ccc(NC(=O)C4CCC4)cn3c2C)cc1. The van der Waals surface area contributed by atoms with Crippen LogP contribution in [0.15, 0.2) is 42.6 Å². The molecule has 1 fully saturated rings. The van der Waals surface area contributed by atoms with E-state index in [0.29, 0.717) is 0 Å². The van der Waals surface area contributed by atoms with Crippen molar-refractivity contribution in [3.63, 3.8) is 0 Å². The number of aromatic nitrogens is 2. The van der Waals surface area contributed by atoms with Crippen LogP contribution >= 0.6 is 0 Å². The van der Waals surface area contributed by atoms with Crippen LogP contribution in [-0.2, 0) is 4.79 Å². The van der Waals surface area contributed by atoms with Gasteiger partial charge in [0.1, 0.15) is 11.4 Å². The Kier molecular flexibility index (Phi) is 3.92. The summed E-state index contributed by atoms with van der Waals surface area (Å²) in [5, 5.41) is 3.02. The Labute approximate surface area is 146 Å². The van der Waals surface area contributed by atoms with E-state index in [1.165, 1.54) is 0 Å². The number of aryl methyl sites for hydroxylation is 1. The molecule has 0 unspecified atom stereocenters. The highest BCUT2D eigenvalue weighted by Gasteiger charge is 2.25. The summed E-state index contributed by atoms with van der Waals surface area (Å²) < 4.78 is 7.24. The van der Waals surface area contributed by atoms with Crippen LogP contribution in [0.1, 0.15) is 25.0 Å². The Morgan fingerprint density at radius 2 is 1.96 bits per heavy atom. The molecule has 1 amide bonds. The van der Waals surface area contributed by atoms with Crippen molar-refractivity contribution < 1.29 is 9.53 Å². The summed E-state index contributed by atoms with van der Waals surface area (Å²) in [6.07, 6.45) is 5.10. The number of carbonyl (C=O) groups excluding carboxylic acids is 1. The summed E-state index contributed by atoms with van der Waals surface area (Å²) in [6.45, 7) is 2.04. The first-order valence-corrected chi connectivity index (χ1v) is 8.60. The molecule has 0 saturated heterocycles. The standard InChI is InChI=1S/C20H21N3O2/c1-13-19(14-6-9-17(25-2)10-7-14)22-18-11-8-16(12-23(13)18)21-20(24)15-4-3-5-15/h6-12,15H,3-5H2,1-2H3,(H,21,24). The summed E-state index contributed by atoms with van der Waals surface area (Å²) in [4.78, 5) is 16.9. The molecule has 0 bridgehead atoms. The fourth-order valence-electron chi connectivity index (χ4n) is 3.17. The van der Waals surface area contributed by atoms with Gasteiger partial charge in [-0.1, -0.05) is 6.42 Å². The highest BCUT2D eigenvalue weighted by Crippen LogP contribution is 2.29. The first-order chi connectivity index (χ1) is 12.2. The number of fused-ring (bicyclic) bond motifs is 1. The zero-order valence-corrected chi connectivity index (χ0v) is 14.5. The third kappa shape index (κ3) is 2.86. The molecule has 3 aromatic rings. The summed E-state index contributed by atoms with van der Waals surface area (Å²) in [5.41, 5.74) is 4.70. The van der Waals surface area contributed by atoms with Gasteiger partial charge in [-0.2, -0.15) is 0 Å². The summed E-state index contributed by atoms with van der Waals surface area (Å²) in [7, 11) is 1.66. The lowest BCUT2D eigenvalue weighted by Crippen LogP contribution is -2.28. The topological polar surface area (TPSA) is 55.6 Å². The van der Waals surface area contributed by atoms with Crippen LogP contribution in [0.3, 0.4) is 0 Å². The van der Waals surface area contributed by atoms with Gasteiger partial charge in [-0.15, -0.1) is 0 Å². The van der Waals surface area contributed by atoms with Crippen molar-refractivity contribution in [2.75, 3.05) is 12.4 Å². The smallest absolute Gasteiger partial charge is 0.227 e. The minimum atomic E-state index is 0.124. The third-order valence-electron chi connectivity index (χ3n) is 4.96. The minimum Gasteiger partial charge on any atom is -0.497 e. The largest absolute Gasteiger partial charge is 0.497 e. The van der Waals surface area contributed by atoms with Crippen LogP contribution in [0.4, 0.5) is 5.69 Å². The van der Waals surface area contributed by atoms with Crippen molar-refractivity contribution in [1.82, 2.24) is 9.38 Å². The number of hydrogen-bond acceptors (Lipinski definition) is 3. The number of carbonyl (C=O) groups is 1. The van der Waals surface area contributed by atoms with Gasteiger partial charge in [0, 0.05) is 23.4 Å². The predicted octanol–water partition coefficient (Wildman–Crippen LogP) is 4.06. The van der Waals surface area contributed by atoms with Gasteiger partial charge in [-0.05, 0) is 56.2 Å². The molecule has 5 heteroatoms. The predicted molar refractivity (Wildman–Crippen MR) is 97.9 cm³/mol. The van der Waals surface area contributed by atoms with Crippen LogP contribution in [0, 0.1) is 12.8 Å². The lowest BCUT2D eigenvalue weighted by atomic mass is 9.85. The van der Waals surface area contributed by atoms with Gasteiger partial charge in [0.25, 0.3) is 0 Å².